The number of quaternary nitrogens is 1. The maximum absolute atomic E-state index is 13.4. The van der Waals surface area contributed by atoms with Crippen LogP contribution in [0.4, 0.5) is 0 Å². The van der Waals surface area contributed by atoms with Gasteiger partial charge in [0.25, 0.3) is 0 Å². The van der Waals surface area contributed by atoms with Gasteiger partial charge in [-0.05, 0) is 42.0 Å². The van der Waals surface area contributed by atoms with Gasteiger partial charge < -0.3 is 30.8 Å². The molecule has 4 rings (SSSR count). The van der Waals surface area contributed by atoms with Gasteiger partial charge in [0.2, 0.25) is 11.2 Å². The highest BCUT2D eigenvalue weighted by Crippen LogP contribution is 2.32. The maximum Gasteiger partial charge on any atom is 0.370 e. The van der Waals surface area contributed by atoms with Crippen LogP contribution in [0.1, 0.15) is 18.9 Å². The van der Waals surface area contributed by atoms with Gasteiger partial charge in [-0.15, -0.1) is 0 Å². The monoisotopic (exact) mass is 507 g/mol. The topological polar surface area (TPSA) is 65.7 Å². The van der Waals surface area contributed by atoms with Crippen LogP contribution in [0.15, 0.2) is 88.1 Å². The molecule has 188 valence electrons. The van der Waals surface area contributed by atoms with E-state index in [9.17, 15) is 9.59 Å². The molecular weight excluding hydrogens is 478 g/mol. The second-order valence-electron chi connectivity index (χ2n) is 9.35. The van der Waals surface area contributed by atoms with Gasteiger partial charge in [-0.1, -0.05) is 49.4 Å². The minimum atomic E-state index is -0.466. The molecule has 1 unspecified atom stereocenters. The van der Waals surface area contributed by atoms with E-state index >= 15 is 0 Å². The summed E-state index contributed by atoms with van der Waals surface area (Å²) in [6, 6.07) is 23.6. The minimum Gasteiger partial charge on any atom is -1.00 e. The molecule has 0 aliphatic carbocycles. The molecule has 0 bridgehead atoms. The van der Waals surface area contributed by atoms with Gasteiger partial charge in [-0.2, -0.15) is 0 Å². The number of para-hydroxylation sites is 1. The molecule has 0 saturated carbocycles. The third-order valence-corrected chi connectivity index (χ3v) is 5.92. The number of benzene rings is 3. The number of esters is 1. The van der Waals surface area contributed by atoms with Crippen molar-refractivity contribution in [2.24, 2.45) is 0 Å². The van der Waals surface area contributed by atoms with Crippen molar-refractivity contribution in [1.82, 2.24) is 0 Å². The molecule has 36 heavy (non-hydrogen) atoms. The molecule has 4 aromatic rings. The third kappa shape index (κ3) is 5.96. The third-order valence-electron chi connectivity index (χ3n) is 5.92. The van der Waals surface area contributed by atoms with Gasteiger partial charge in [0.15, 0.2) is 11.8 Å². The quantitative estimate of drug-likeness (QED) is 0.271. The smallest absolute Gasteiger partial charge is 0.370 e. The van der Waals surface area contributed by atoms with Crippen LogP contribution >= 0.6 is 0 Å². The second-order valence-corrected chi connectivity index (χ2v) is 9.35. The number of ether oxygens (including phenoxy) is 2. The summed E-state index contributed by atoms with van der Waals surface area (Å²) < 4.78 is 18.1. The van der Waals surface area contributed by atoms with Gasteiger partial charge in [0.05, 0.1) is 26.5 Å². The van der Waals surface area contributed by atoms with Crippen molar-refractivity contribution in [2.75, 3.05) is 21.1 Å². The van der Waals surface area contributed by atoms with Crippen LogP contribution in [-0.2, 0) is 11.4 Å². The van der Waals surface area contributed by atoms with E-state index < -0.39 is 12.0 Å². The Morgan fingerprint density at radius 2 is 1.56 bits per heavy atom. The number of likely N-dealkylation sites (N-methyl/N-ethyl adjacent to an activating group) is 1. The maximum atomic E-state index is 13.4. The van der Waals surface area contributed by atoms with E-state index in [2.05, 4.69) is 0 Å². The fourth-order valence-electron chi connectivity index (χ4n) is 4.05. The molecule has 0 fully saturated rings. The largest absolute Gasteiger partial charge is 1.00 e. The number of carbonyl (C=O) groups is 1. The highest BCUT2D eigenvalue weighted by molar-refractivity contribution is 5.85. The number of carbonyl (C=O) groups excluding carboxylic acids is 1. The highest BCUT2D eigenvalue weighted by atomic mass is 35.5. The summed E-state index contributed by atoms with van der Waals surface area (Å²) in [5, 5.41) is 0.361. The van der Waals surface area contributed by atoms with Crippen molar-refractivity contribution in [3.63, 3.8) is 0 Å². The lowest BCUT2D eigenvalue weighted by atomic mass is 10.1. The Labute approximate surface area is 217 Å². The Kier molecular flexibility index (Phi) is 8.56. The lowest BCUT2D eigenvalue weighted by molar-refractivity contribution is -0.887. The number of fused-ring (bicyclic) bond motifs is 1. The first-order chi connectivity index (χ1) is 16.8. The van der Waals surface area contributed by atoms with E-state index in [4.69, 9.17) is 13.9 Å². The van der Waals surface area contributed by atoms with Crippen molar-refractivity contribution in [3.8, 4) is 22.8 Å². The summed E-state index contributed by atoms with van der Waals surface area (Å²) in [6.45, 7) is 2.37. The molecule has 0 aliphatic rings. The summed E-state index contributed by atoms with van der Waals surface area (Å²) in [4.78, 5) is 26.5. The Morgan fingerprint density at radius 3 is 2.19 bits per heavy atom. The van der Waals surface area contributed by atoms with Crippen molar-refractivity contribution in [1.29, 1.82) is 0 Å². The predicted molar refractivity (Wildman–Crippen MR) is 136 cm³/mol. The Balaban J connectivity index is 0.00000361. The summed E-state index contributed by atoms with van der Waals surface area (Å²) >= 11 is 0. The Hall–Kier alpha value is -3.61. The van der Waals surface area contributed by atoms with Crippen LogP contribution in [0.25, 0.3) is 22.3 Å². The van der Waals surface area contributed by atoms with E-state index in [1.165, 1.54) is 0 Å². The summed E-state index contributed by atoms with van der Waals surface area (Å²) in [5.41, 5.74) is 1.72. The van der Waals surface area contributed by atoms with E-state index in [0.717, 1.165) is 5.56 Å². The average molecular weight is 508 g/mol. The fourth-order valence-corrected chi connectivity index (χ4v) is 4.05. The van der Waals surface area contributed by atoms with Crippen LogP contribution in [-0.4, -0.2) is 37.6 Å². The number of hydrogen-bond acceptors (Lipinski definition) is 5. The SMILES string of the molecule is CCC(C(=O)Oc1c(-c2ccc(OCc3ccccc3)cc2)oc2ccccc2c1=O)[N+](C)(C)C.[Cl-]. The first kappa shape index (κ1) is 27.0. The van der Waals surface area contributed by atoms with Crippen molar-refractivity contribution in [2.45, 2.75) is 26.0 Å². The Morgan fingerprint density at radius 1 is 0.917 bits per heavy atom. The number of rotatable bonds is 8. The van der Waals surface area contributed by atoms with Crippen LogP contribution in [0, 0.1) is 0 Å². The zero-order valence-corrected chi connectivity index (χ0v) is 21.6. The fraction of sp³-hybridized carbons (Fsp3) is 0.241. The molecule has 1 heterocycles. The molecular formula is C29H30ClNO5. The second kappa shape index (κ2) is 11.4. The predicted octanol–water partition coefficient (Wildman–Crippen LogP) is 2.43. The number of hydrogen-bond donors (Lipinski definition) is 0. The number of nitrogens with zero attached hydrogens (tertiary/aromatic N) is 1. The normalized spacial score (nSPS) is 12.0. The van der Waals surface area contributed by atoms with Gasteiger partial charge in [-0.3, -0.25) is 4.79 Å². The van der Waals surface area contributed by atoms with Crippen LogP contribution in [0.5, 0.6) is 11.5 Å². The molecule has 0 spiro atoms. The lowest BCUT2D eigenvalue weighted by Gasteiger charge is -2.31. The standard InChI is InChI=1S/C29H30NO5.ClH/c1-5-24(30(2,3)4)29(32)35-28-26(31)23-13-9-10-14-25(23)34-27(28)21-15-17-22(18-16-21)33-19-20-11-7-6-8-12-20;/h6-18,24H,5,19H2,1-4H3;1H/q+1;/p-1. The molecule has 0 N–H and O–H groups in total. The zero-order valence-electron chi connectivity index (χ0n) is 20.9. The average Bonchev–Trinajstić information content (AvgIpc) is 2.85. The van der Waals surface area contributed by atoms with E-state index in [1.54, 1.807) is 48.5 Å². The molecule has 6 nitrogen and oxygen atoms in total. The van der Waals surface area contributed by atoms with Crippen LogP contribution in [0.3, 0.4) is 0 Å². The van der Waals surface area contributed by atoms with Gasteiger partial charge >= 0.3 is 5.97 Å². The van der Waals surface area contributed by atoms with Crippen molar-refractivity contribution >= 4 is 16.9 Å². The van der Waals surface area contributed by atoms with Gasteiger partial charge in [0.1, 0.15) is 17.9 Å². The Bertz CT molecular complexity index is 1380. The van der Waals surface area contributed by atoms with Gasteiger partial charge in [0, 0.05) is 12.0 Å². The highest BCUT2D eigenvalue weighted by Gasteiger charge is 2.33. The molecule has 3 aromatic carbocycles. The molecule has 0 radical (unpaired) electrons. The first-order valence-corrected chi connectivity index (χ1v) is 11.6. The molecule has 7 heteroatoms. The minimum absolute atomic E-state index is 0. The molecule has 1 aromatic heterocycles. The molecule has 0 amide bonds. The zero-order chi connectivity index (χ0) is 25.0. The van der Waals surface area contributed by atoms with Crippen LogP contribution in [0.2, 0.25) is 0 Å². The molecule has 0 aliphatic heterocycles. The van der Waals surface area contributed by atoms with Gasteiger partial charge in [-0.25, -0.2) is 4.79 Å². The molecule has 0 saturated heterocycles. The lowest BCUT2D eigenvalue weighted by Crippen LogP contribution is -3.00. The summed E-state index contributed by atoms with van der Waals surface area (Å²) in [5.74, 6) is 0.327. The van der Waals surface area contributed by atoms with E-state index in [0.29, 0.717) is 39.8 Å². The van der Waals surface area contributed by atoms with Crippen molar-refractivity contribution < 1.29 is 35.6 Å². The van der Waals surface area contributed by atoms with Crippen LogP contribution < -0.4 is 27.3 Å². The summed E-state index contributed by atoms with van der Waals surface area (Å²) in [7, 11) is 5.77. The number of halogens is 1. The van der Waals surface area contributed by atoms with Crippen molar-refractivity contribution in [3.05, 3.63) is 94.6 Å². The van der Waals surface area contributed by atoms with E-state index in [1.807, 2.05) is 58.4 Å². The van der Waals surface area contributed by atoms with E-state index in [-0.39, 0.29) is 29.3 Å². The summed E-state index contributed by atoms with van der Waals surface area (Å²) in [6.07, 6.45) is 0.573. The first-order valence-electron chi connectivity index (χ1n) is 11.6. The molecule has 1 atom stereocenters.